The standard InChI is InChI=1S/C27H35NO11/c1-19(30)39-24(23(32)11-10-22(31)9-6-13-36-15-16-37-14-12-29)25(35-2)26(33)28-21(18-38-27(28)34)17-20-7-4-3-5-8-20/h3-5,7-8,10-11,21,24-25,29H,6,9,12-18H2,1-2H3/t21-,24+,25-/m0/s1. The second-order valence-electron chi connectivity index (χ2n) is 8.57. The molecule has 1 aromatic rings. The Bertz CT molecular complexity index is 995. The van der Waals surface area contributed by atoms with E-state index in [1.165, 1.54) is 0 Å². The molecule has 0 radical (unpaired) electrons. The average molecular weight is 550 g/mol. The molecule has 0 unspecified atom stereocenters. The van der Waals surface area contributed by atoms with E-state index in [0.717, 1.165) is 36.6 Å². The zero-order valence-corrected chi connectivity index (χ0v) is 22.1. The van der Waals surface area contributed by atoms with Crippen molar-refractivity contribution in [3.8, 4) is 0 Å². The Labute approximate surface area is 226 Å². The summed E-state index contributed by atoms with van der Waals surface area (Å²) in [5.41, 5.74) is 0.863. The van der Waals surface area contributed by atoms with Crippen LogP contribution in [0.1, 0.15) is 25.3 Å². The van der Waals surface area contributed by atoms with E-state index in [1.807, 2.05) is 30.3 Å². The van der Waals surface area contributed by atoms with E-state index in [9.17, 15) is 24.0 Å². The number of aliphatic hydroxyl groups is 1. The average Bonchev–Trinajstić information content (AvgIpc) is 3.28. The number of esters is 1. The lowest BCUT2D eigenvalue weighted by molar-refractivity contribution is -0.166. The molecule has 1 N–H and O–H groups in total. The van der Waals surface area contributed by atoms with Crippen molar-refractivity contribution in [3.63, 3.8) is 0 Å². The minimum Gasteiger partial charge on any atom is -0.451 e. The molecule has 2 rings (SSSR count). The minimum atomic E-state index is -1.72. The van der Waals surface area contributed by atoms with Gasteiger partial charge in [0.15, 0.2) is 23.8 Å². The van der Waals surface area contributed by atoms with Crippen LogP contribution in [-0.2, 0) is 49.3 Å². The summed E-state index contributed by atoms with van der Waals surface area (Å²) >= 11 is 0. The molecule has 0 aliphatic carbocycles. The molecule has 0 aromatic heterocycles. The highest BCUT2D eigenvalue weighted by Crippen LogP contribution is 2.21. The Morgan fingerprint density at radius 1 is 1.05 bits per heavy atom. The number of cyclic esters (lactones) is 1. The number of imide groups is 1. The lowest BCUT2D eigenvalue weighted by Gasteiger charge is -2.27. The summed E-state index contributed by atoms with van der Waals surface area (Å²) in [6.45, 7) is 2.09. The van der Waals surface area contributed by atoms with Crippen LogP contribution in [-0.4, -0.2) is 105 Å². The lowest BCUT2D eigenvalue weighted by Crippen LogP contribution is -2.53. The number of amides is 2. The van der Waals surface area contributed by atoms with Crippen molar-refractivity contribution in [2.45, 2.75) is 44.4 Å². The fourth-order valence-electron chi connectivity index (χ4n) is 3.79. The Kier molecular flexibility index (Phi) is 14.0. The van der Waals surface area contributed by atoms with Crippen molar-refractivity contribution >= 4 is 29.5 Å². The molecule has 12 heteroatoms. The van der Waals surface area contributed by atoms with Crippen LogP contribution in [0.25, 0.3) is 0 Å². The van der Waals surface area contributed by atoms with Crippen molar-refractivity contribution in [3.05, 3.63) is 48.0 Å². The van der Waals surface area contributed by atoms with Crippen LogP contribution in [0.5, 0.6) is 0 Å². The fraction of sp³-hybridized carbons (Fsp3) is 0.519. The maximum atomic E-state index is 13.4. The van der Waals surface area contributed by atoms with Crippen LogP contribution in [0.15, 0.2) is 42.5 Å². The lowest BCUT2D eigenvalue weighted by atomic mass is 10.0. The predicted octanol–water partition coefficient (Wildman–Crippen LogP) is 1.02. The highest BCUT2D eigenvalue weighted by Gasteiger charge is 2.45. The first-order valence-corrected chi connectivity index (χ1v) is 12.5. The summed E-state index contributed by atoms with van der Waals surface area (Å²) < 4.78 is 25.8. The van der Waals surface area contributed by atoms with Crippen LogP contribution in [0.3, 0.4) is 0 Å². The van der Waals surface area contributed by atoms with Crippen LogP contribution >= 0.6 is 0 Å². The maximum Gasteiger partial charge on any atom is 0.417 e. The Balaban J connectivity index is 2.01. The van der Waals surface area contributed by atoms with Gasteiger partial charge in [0, 0.05) is 27.1 Å². The van der Waals surface area contributed by atoms with Crippen LogP contribution in [0.4, 0.5) is 4.79 Å². The summed E-state index contributed by atoms with van der Waals surface area (Å²) in [4.78, 5) is 63.5. The summed E-state index contributed by atoms with van der Waals surface area (Å²) in [5, 5.41) is 8.62. The first-order valence-electron chi connectivity index (χ1n) is 12.5. The summed E-state index contributed by atoms with van der Waals surface area (Å²) in [7, 11) is 1.14. The third-order valence-corrected chi connectivity index (χ3v) is 5.61. The van der Waals surface area contributed by atoms with Gasteiger partial charge in [-0.25, -0.2) is 9.69 Å². The molecule has 0 spiro atoms. The van der Waals surface area contributed by atoms with Gasteiger partial charge in [0.1, 0.15) is 6.61 Å². The molecule has 3 atom stereocenters. The number of ketones is 2. The van der Waals surface area contributed by atoms with Crippen molar-refractivity contribution in [1.29, 1.82) is 0 Å². The first-order chi connectivity index (χ1) is 18.8. The van der Waals surface area contributed by atoms with Gasteiger partial charge in [-0.05, 0) is 30.6 Å². The highest BCUT2D eigenvalue weighted by atomic mass is 16.6. The van der Waals surface area contributed by atoms with Gasteiger partial charge < -0.3 is 28.8 Å². The van der Waals surface area contributed by atoms with E-state index in [4.69, 9.17) is 28.8 Å². The first kappa shape index (κ1) is 31.8. The summed E-state index contributed by atoms with van der Waals surface area (Å²) in [6.07, 6.45) is -1.52. The smallest absolute Gasteiger partial charge is 0.417 e. The van der Waals surface area contributed by atoms with E-state index in [0.29, 0.717) is 32.7 Å². The number of methoxy groups -OCH3 is 1. The molecule has 12 nitrogen and oxygen atoms in total. The van der Waals surface area contributed by atoms with Gasteiger partial charge in [-0.3, -0.25) is 19.2 Å². The van der Waals surface area contributed by atoms with Crippen LogP contribution in [0, 0.1) is 0 Å². The third kappa shape index (κ3) is 10.7. The van der Waals surface area contributed by atoms with E-state index in [-0.39, 0.29) is 32.0 Å². The molecule has 1 aromatic carbocycles. The molecule has 1 heterocycles. The molecular weight excluding hydrogens is 514 g/mol. The molecule has 39 heavy (non-hydrogen) atoms. The predicted molar refractivity (Wildman–Crippen MR) is 136 cm³/mol. The van der Waals surface area contributed by atoms with Crippen molar-refractivity contribution in [2.24, 2.45) is 0 Å². The van der Waals surface area contributed by atoms with Gasteiger partial charge in [0.25, 0.3) is 5.91 Å². The number of ether oxygens (including phenoxy) is 5. The van der Waals surface area contributed by atoms with Gasteiger partial charge in [-0.2, -0.15) is 0 Å². The van der Waals surface area contributed by atoms with Gasteiger partial charge in [0.05, 0.1) is 32.5 Å². The molecule has 1 aliphatic heterocycles. The van der Waals surface area contributed by atoms with Crippen LogP contribution in [0.2, 0.25) is 0 Å². The van der Waals surface area contributed by atoms with Crippen molar-refractivity contribution in [1.82, 2.24) is 4.90 Å². The second-order valence-corrected chi connectivity index (χ2v) is 8.57. The second kappa shape index (κ2) is 17.2. The minimum absolute atomic E-state index is 0.0458. The number of rotatable bonds is 18. The molecule has 0 saturated carbocycles. The number of allylic oxidation sites excluding steroid dienone is 1. The van der Waals surface area contributed by atoms with Crippen LogP contribution < -0.4 is 0 Å². The van der Waals surface area contributed by atoms with Crippen molar-refractivity contribution < 1.29 is 52.8 Å². The topological polar surface area (TPSA) is 155 Å². The third-order valence-electron chi connectivity index (χ3n) is 5.61. The molecule has 1 aliphatic rings. The van der Waals surface area contributed by atoms with Gasteiger partial charge in [-0.15, -0.1) is 0 Å². The Morgan fingerprint density at radius 2 is 1.74 bits per heavy atom. The molecule has 0 bridgehead atoms. The number of hydrogen-bond donors (Lipinski definition) is 1. The normalized spacial score (nSPS) is 16.6. The van der Waals surface area contributed by atoms with Crippen molar-refractivity contribution in [2.75, 3.05) is 46.8 Å². The van der Waals surface area contributed by atoms with E-state index in [2.05, 4.69) is 0 Å². The molecule has 1 saturated heterocycles. The number of nitrogens with zero attached hydrogens (tertiary/aromatic N) is 1. The largest absolute Gasteiger partial charge is 0.451 e. The quantitative estimate of drug-likeness (QED) is 0.159. The molecule has 214 valence electrons. The number of aliphatic hydroxyl groups excluding tert-OH is 1. The maximum absolute atomic E-state index is 13.4. The summed E-state index contributed by atoms with van der Waals surface area (Å²) in [6, 6.07) is 8.51. The number of hydrogen-bond acceptors (Lipinski definition) is 11. The van der Waals surface area contributed by atoms with E-state index < -0.39 is 42.0 Å². The number of carbonyl (C=O) groups is 5. The Morgan fingerprint density at radius 3 is 2.38 bits per heavy atom. The van der Waals surface area contributed by atoms with E-state index >= 15 is 0 Å². The molecule has 2 amide bonds. The zero-order valence-electron chi connectivity index (χ0n) is 22.1. The van der Waals surface area contributed by atoms with Gasteiger partial charge >= 0.3 is 12.1 Å². The van der Waals surface area contributed by atoms with Gasteiger partial charge in [-0.1, -0.05) is 30.3 Å². The van der Waals surface area contributed by atoms with Gasteiger partial charge in [0.2, 0.25) is 0 Å². The SMILES string of the molecule is CO[C@H](C(=O)N1C(=O)OC[C@@H]1Cc1ccccc1)[C@H](OC(C)=O)C(=O)C=CC(=O)CCCOCCOCCO. The molecular formula is C27H35NO11. The highest BCUT2D eigenvalue weighted by molar-refractivity contribution is 6.05. The summed E-state index contributed by atoms with van der Waals surface area (Å²) in [5.74, 6) is -2.99. The monoisotopic (exact) mass is 549 g/mol. The van der Waals surface area contributed by atoms with E-state index in [1.54, 1.807) is 0 Å². The number of carbonyl (C=O) groups excluding carboxylic acids is 5. The zero-order chi connectivity index (χ0) is 28.6. The fourth-order valence-corrected chi connectivity index (χ4v) is 3.79. The molecule has 1 fully saturated rings. The Hall–Kier alpha value is -3.45. The number of benzene rings is 1.